The second-order valence-corrected chi connectivity index (χ2v) is 9.17. The number of hydrogen-bond donors (Lipinski definition) is 1. The standard InChI is InChI=1S/C25H34N4O5S/c1-28(12-14-33-3)25-27-22(17-35-25)23(30)26-21-9-5-7-18(15-20(21)24(31)34-4)16-29-11-6-8-19(29)10-13-32-2/h5,7,10,13,15,17,19H,6,8-9,11-12,14,16H2,1-4H3,(H,26,30)/b13-10+. The minimum atomic E-state index is -0.489. The molecule has 0 spiro atoms. The van der Waals surface area contributed by atoms with Crippen LogP contribution in [0, 0.1) is 0 Å². The molecule has 1 saturated heterocycles. The molecule has 1 aliphatic heterocycles. The second kappa shape index (κ2) is 13.2. The number of methoxy groups -OCH3 is 3. The van der Waals surface area contributed by atoms with E-state index in [1.165, 1.54) is 18.4 Å². The van der Waals surface area contributed by atoms with Crippen LogP contribution < -0.4 is 10.2 Å². The summed E-state index contributed by atoms with van der Waals surface area (Å²) in [6.07, 6.45) is 12.1. The molecule has 1 N–H and O–H groups in total. The van der Waals surface area contributed by atoms with Crippen LogP contribution in [0.3, 0.4) is 0 Å². The first kappa shape index (κ1) is 26.7. The Morgan fingerprint density at radius 2 is 2.17 bits per heavy atom. The van der Waals surface area contributed by atoms with Crippen molar-refractivity contribution in [2.24, 2.45) is 0 Å². The Hall–Kier alpha value is -2.95. The molecule has 1 aromatic heterocycles. The molecule has 1 aliphatic carbocycles. The van der Waals surface area contributed by atoms with E-state index in [2.05, 4.69) is 21.3 Å². The summed E-state index contributed by atoms with van der Waals surface area (Å²) in [4.78, 5) is 34.3. The number of anilines is 1. The number of hydrogen-bond acceptors (Lipinski definition) is 9. The van der Waals surface area contributed by atoms with Gasteiger partial charge in [0, 0.05) is 50.8 Å². The van der Waals surface area contributed by atoms with Gasteiger partial charge < -0.3 is 24.4 Å². The molecule has 1 atom stereocenters. The van der Waals surface area contributed by atoms with Crippen LogP contribution in [0.2, 0.25) is 0 Å². The van der Waals surface area contributed by atoms with Crippen LogP contribution in [0.1, 0.15) is 29.8 Å². The van der Waals surface area contributed by atoms with Gasteiger partial charge >= 0.3 is 5.97 Å². The monoisotopic (exact) mass is 502 g/mol. The highest BCUT2D eigenvalue weighted by atomic mass is 32.1. The zero-order valence-electron chi connectivity index (χ0n) is 20.8. The van der Waals surface area contributed by atoms with Gasteiger partial charge in [-0.1, -0.05) is 12.2 Å². The third-order valence-corrected chi connectivity index (χ3v) is 6.85. The number of allylic oxidation sites excluding steroid dienone is 1. The van der Waals surface area contributed by atoms with E-state index < -0.39 is 5.97 Å². The predicted octanol–water partition coefficient (Wildman–Crippen LogP) is 2.89. The Balaban J connectivity index is 1.78. The van der Waals surface area contributed by atoms with E-state index in [1.807, 2.05) is 30.2 Å². The quantitative estimate of drug-likeness (QED) is 0.365. The second-order valence-electron chi connectivity index (χ2n) is 8.34. The molecule has 2 heterocycles. The number of nitrogens with one attached hydrogen (secondary N) is 1. The van der Waals surface area contributed by atoms with Crippen molar-refractivity contribution in [1.82, 2.24) is 15.2 Å². The number of carbonyl (C=O) groups is 2. The molecular formula is C25H34N4O5S. The van der Waals surface area contributed by atoms with E-state index in [1.54, 1.807) is 25.9 Å². The summed E-state index contributed by atoms with van der Waals surface area (Å²) in [5.74, 6) is -0.851. The molecule has 190 valence electrons. The lowest BCUT2D eigenvalue weighted by molar-refractivity contribution is -0.135. The molecular weight excluding hydrogens is 468 g/mol. The van der Waals surface area contributed by atoms with E-state index in [4.69, 9.17) is 14.2 Å². The average Bonchev–Trinajstić information content (AvgIpc) is 3.48. The number of ether oxygens (including phenoxy) is 3. The van der Waals surface area contributed by atoms with Crippen molar-refractivity contribution >= 4 is 28.3 Å². The number of nitrogens with zero attached hydrogens (tertiary/aromatic N) is 3. The molecule has 9 nitrogen and oxygen atoms in total. The smallest absolute Gasteiger partial charge is 0.339 e. The maximum Gasteiger partial charge on any atom is 0.339 e. The average molecular weight is 503 g/mol. The van der Waals surface area contributed by atoms with Gasteiger partial charge in [-0.05, 0) is 37.1 Å². The summed E-state index contributed by atoms with van der Waals surface area (Å²) in [6, 6.07) is 0.290. The highest BCUT2D eigenvalue weighted by molar-refractivity contribution is 7.13. The molecule has 2 aliphatic rings. The summed E-state index contributed by atoms with van der Waals surface area (Å²) < 4.78 is 15.2. The number of thiazole rings is 1. The van der Waals surface area contributed by atoms with Gasteiger partial charge in [0.25, 0.3) is 5.91 Å². The van der Waals surface area contributed by atoms with Crippen LogP contribution in [0.15, 0.2) is 52.8 Å². The number of rotatable bonds is 11. The molecule has 3 rings (SSSR count). The lowest BCUT2D eigenvalue weighted by Gasteiger charge is -2.22. The molecule has 1 amide bonds. The topological polar surface area (TPSA) is 93.2 Å². The SMILES string of the molecule is CO/C=C/C1CCCN1CC1=CC(C(=O)OC)=C(NC(=O)c2csc(N(C)CCOC)n2)CC=C1. The van der Waals surface area contributed by atoms with Crippen LogP contribution in [-0.2, 0) is 19.0 Å². The predicted molar refractivity (Wildman–Crippen MR) is 136 cm³/mol. The number of likely N-dealkylation sites (tertiary alicyclic amines) is 1. The minimum absolute atomic E-state index is 0.290. The lowest BCUT2D eigenvalue weighted by atomic mass is 10.1. The van der Waals surface area contributed by atoms with Crippen molar-refractivity contribution in [3.63, 3.8) is 0 Å². The van der Waals surface area contributed by atoms with Gasteiger partial charge in [0.05, 0.1) is 32.7 Å². The molecule has 1 unspecified atom stereocenters. The van der Waals surface area contributed by atoms with Gasteiger partial charge in [0.2, 0.25) is 0 Å². The number of carbonyl (C=O) groups excluding carboxylic acids is 2. The van der Waals surface area contributed by atoms with Crippen LogP contribution >= 0.6 is 11.3 Å². The normalized spacial score (nSPS) is 18.5. The van der Waals surface area contributed by atoms with Crippen LogP contribution in [-0.4, -0.2) is 82.4 Å². The fourth-order valence-corrected chi connectivity index (χ4v) is 4.81. The van der Waals surface area contributed by atoms with E-state index in [0.717, 1.165) is 30.1 Å². The largest absolute Gasteiger partial charge is 0.505 e. The maximum atomic E-state index is 13.0. The summed E-state index contributed by atoms with van der Waals surface area (Å²) >= 11 is 1.38. The molecule has 1 aromatic rings. The molecule has 10 heteroatoms. The Bertz CT molecular complexity index is 1010. The minimum Gasteiger partial charge on any atom is -0.505 e. The van der Waals surface area contributed by atoms with Crippen molar-refractivity contribution in [1.29, 1.82) is 0 Å². The van der Waals surface area contributed by atoms with Crippen molar-refractivity contribution < 1.29 is 23.8 Å². The summed E-state index contributed by atoms with van der Waals surface area (Å²) in [5.41, 5.74) is 2.11. The Kier molecular flexibility index (Phi) is 10.1. The summed E-state index contributed by atoms with van der Waals surface area (Å²) in [5, 5.41) is 5.32. The fraction of sp³-hybridized carbons (Fsp3) is 0.480. The first-order valence-corrected chi connectivity index (χ1v) is 12.4. The number of likely N-dealkylation sites (N-methyl/N-ethyl adjacent to an activating group) is 1. The summed E-state index contributed by atoms with van der Waals surface area (Å²) in [6.45, 7) is 2.88. The van der Waals surface area contributed by atoms with E-state index in [9.17, 15) is 9.59 Å². The fourth-order valence-electron chi connectivity index (χ4n) is 4.01. The molecule has 0 radical (unpaired) electrons. The maximum absolute atomic E-state index is 13.0. The molecule has 0 aromatic carbocycles. The van der Waals surface area contributed by atoms with Gasteiger partial charge in [-0.25, -0.2) is 9.78 Å². The third kappa shape index (κ3) is 7.27. The zero-order valence-corrected chi connectivity index (χ0v) is 21.6. The number of aromatic nitrogens is 1. The first-order chi connectivity index (χ1) is 17.0. The first-order valence-electron chi connectivity index (χ1n) is 11.6. The van der Waals surface area contributed by atoms with Gasteiger partial charge in [0.15, 0.2) is 5.13 Å². The van der Waals surface area contributed by atoms with Crippen molar-refractivity contribution in [3.05, 3.63) is 58.5 Å². The molecule has 1 fully saturated rings. The van der Waals surface area contributed by atoms with Gasteiger partial charge in [-0.3, -0.25) is 9.69 Å². The highest BCUT2D eigenvalue weighted by Gasteiger charge is 2.25. The molecule has 0 saturated carbocycles. The van der Waals surface area contributed by atoms with Crippen molar-refractivity contribution in [2.75, 3.05) is 59.5 Å². The Morgan fingerprint density at radius 1 is 1.34 bits per heavy atom. The summed E-state index contributed by atoms with van der Waals surface area (Å²) in [7, 11) is 6.52. The highest BCUT2D eigenvalue weighted by Crippen LogP contribution is 2.24. The van der Waals surface area contributed by atoms with Crippen LogP contribution in [0.25, 0.3) is 0 Å². The van der Waals surface area contributed by atoms with E-state index >= 15 is 0 Å². The Morgan fingerprint density at radius 3 is 2.91 bits per heavy atom. The Labute approximate surface area is 210 Å². The molecule has 35 heavy (non-hydrogen) atoms. The van der Waals surface area contributed by atoms with E-state index in [-0.39, 0.29) is 11.9 Å². The van der Waals surface area contributed by atoms with Crippen LogP contribution in [0.5, 0.6) is 0 Å². The van der Waals surface area contributed by atoms with Gasteiger partial charge in [-0.2, -0.15) is 0 Å². The number of amides is 1. The van der Waals surface area contributed by atoms with E-state index in [0.29, 0.717) is 43.1 Å². The zero-order chi connectivity index (χ0) is 25.2. The van der Waals surface area contributed by atoms with Crippen molar-refractivity contribution in [2.45, 2.75) is 25.3 Å². The molecule has 0 bridgehead atoms. The van der Waals surface area contributed by atoms with Crippen molar-refractivity contribution in [3.8, 4) is 0 Å². The number of esters is 1. The third-order valence-electron chi connectivity index (χ3n) is 5.90. The lowest BCUT2D eigenvalue weighted by Crippen LogP contribution is -2.29. The van der Waals surface area contributed by atoms with Crippen LogP contribution in [0.4, 0.5) is 5.13 Å². The van der Waals surface area contributed by atoms with Gasteiger partial charge in [-0.15, -0.1) is 11.3 Å². The van der Waals surface area contributed by atoms with Gasteiger partial charge in [0.1, 0.15) is 5.69 Å².